The quantitative estimate of drug-likeness (QED) is 0.411. The average molecular weight is 381 g/mol. The predicted molar refractivity (Wildman–Crippen MR) is 109 cm³/mol. The zero-order chi connectivity index (χ0) is 19.6. The minimum Gasteiger partial charge on any atom is -0.318 e. The smallest absolute Gasteiger partial charge is 0.274 e. The predicted octanol–water partition coefficient (Wildman–Crippen LogP) is 4.52. The fourth-order valence-corrected chi connectivity index (χ4v) is 3.16. The summed E-state index contributed by atoms with van der Waals surface area (Å²) in [6.07, 6.45) is 3.17. The highest BCUT2D eigenvalue weighted by molar-refractivity contribution is 6.32. The van der Waals surface area contributed by atoms with E-state index in [0.29, 0.717) is 0 Å². The number of hydrogen-bond donors (Lipinski definition) is 1. The molecule has 1 N–H and O–H groups in total. The first-order valence-corrected chi connectivity index (χ1v) is 8.96. The third-order valence-corrected chi connectivity index (χ3v) is 4.89. The largest absolute Gasteiger partial charge is 0.318 e. The van der Waals surface area contributed by atoms with Gasteiger partial charge >= 0.3 is 0 Å². The maximum absolute atomic E-state index is 12.1. The number of hydrogen-bond acceptors (Lipinski definition) is 3. The van der Waals surface area contributed by atoms with Gasteiger partial charge in [-0.2, -0.15) is 5.10 Å². The summed E-state index contributed by atoms with van der Waals surface area (Å²) in [7, 11) is 0. The van der Waals surface area contributed by atoms with Crippen molar-refractivity contribution in [3.63, 3.8) is 0 Å². The lowest BCUT2D eigenvalue weighted by Gasteiger charge is -2.11. The summed E-state index contributed by atoms with van der Waals surface area (Å²) in [5.74, 6) is -0.396. The second-order valence-electron chi connectivity index (χ2n) is 6.47. The van der Waals surface area contributed by atoms with Gasteiger partial charge in [-0.1, -0.05) is 17.7 Å². The van der Waals surface area contributed by atoms with Crippen molar-refractivity contribution in [2.75, 3.05) is 0 Å². The molecule has 0 saturated carbocycles. The fraction of sp³-hybridized carbons (Fsp3) is 0.190. The molecule has 2 heterocycles. The second kappa shape index (κ2) is 7.76. The van der Waals surface area contributed by atoms with Gasteiger partial charge in [-0.3, -0.25) is 4.79 Å². The number of carbonyl (C=O) groups excluding carboxylic acids is 1. The summed E-state index contributed by atoms with van der Waals surface area (Å²) < 4.78 is 2.17. The third-order valence-electron chi connectivity index (χ3n) is 4.59. The highest BCUT2D eigenvalue weighted by Crippen LogP contribution is 2.21. The van der Waals surface area contributed by atoms with E-state index in [1.54, 1.807) is 18.3 Å². The molecule has 5 nitrogen and oxygen atoms in total. The lowest BCUT2D eigenvalue weighted by molar-refractivity contribution is 0.0955. The Kier molecular flexibility index (Phi) is 5.42. The van der Waals surface area contributed by atoms with Crippen molar-refractivity contribution in [3.8, 4) is 5.69 Å². The number of benzene rings is 1. The molecule has 0 saturated heterocycles. The lowest BCUT2D eigenvalue weighted by atomic mass is 10.1. The summed E-state index contributed by atoms with van der Waals surface area (Å²) in [5.41, 5.74) is 9.49. The van der Waals surface area contributed by atoms with E-state index in [4.69, 9.17) is 11.6 Å². The first kappa shape index (κ1) is 18.9. The molecule has 0 radical (unpaired) electrons. The molecule has 1 aromatic carbocycles. The van der Waals surface area contributed by atoms with Crippen LogP contribution in [0.1, 0.15) is 38.4 Å². The Balaban J connectivity index is 1.82. The van der Waals surface area contributed by atoms with Crippen LogP contribution in [0.25, 0.3) is 5.69 Å². The number of pyridine rings is 1. The number of amides is 1. The fourth-order valence-electron chi connectivity index (χ4n) is 2.96. The summed E-state index contributed by atoms with van der Waals surface area (Å²) in [4.78, 5) is 16.0. The topological polar surface area (TPSA) is 59.3 Å². The number of aryl methyl sites for hydroxylation is 3. The van der Waals surface area contributed by atoms with E-state index in [1.807, 2.05) is 19.9 Å². The summed E-state index contributed by atoms with van der Waals surface area (Å²) >= 11 is 5.93. The van der Waals surface area contributed by atoms with E-state index < -0.39 is 5.91 Å². The molecule has 0 aliphatic carbocycles. The van der Waals surface area contributed by atoms with Crippen LogP contribution in [0.4, 0.5) is 0 Å². The zero-order valence-electron chi connectivity index (χ0n) is 15.7. The van der Waals surface area contributed by atoms with Crippen LogP contribution in [-0.2, 0) is 0 Å². The van der Waals surface area contributed by atoms with Crippen molar-refractivity contribution < 1.29 is 4.79 Å². The summed E-state index contributed by atoms with van der Waals surface area (Å²) in [6, 6.07) is 11.7. The zero-order valence-corrected chi connectivity index (χ0v) is 16.5. The molecule has 0 aliphatic heterocycles. The molecule has 0 unspecified atom stereocenters. The van der Waals surface area contributed by atoms with Gasteiger partial charge < -0.3 is 4.57 Å². The standard InChI is InChI=1S/C21H21ClN4O/c1-13-7-8-18(10-14(13)2)26-15(3)11-17(16(26)4)12-24-25-21(27)19-6-5-9-23-20(19)22/h5-12H,1-4H3,(H,25,27). The molecule has 3 aromatic rings. The highest BCUT2D eigenvalue weighted by atomic mass is 35.5. The number of carbonyl (C=O) groups is 1. The van der Waals surface area contributed by atoms with Gasteiger partial charge in [0.1, 0.15) is 5.15 Å². The first-order chi connectivity index (χ1) is 12.9. The van der Waals surface area contributed by atoms with Crippen LogP contribution in [0.5, 0.6) is 0 Å². The normalized spacial score (nSPS) is 11.1. The molecule has 1 amide bonds. The van der Waals surface area contributed by atoms with Crippen molar-refractivity contribution >= 4 is 23.7 Å². The van der Waals surface area contributed by atoms with E-state index in [2.05, 4.69) is 52.1 Å². The summed E-state index contributed by atoms with van der Waals surface area (Å²) in [5, 5.41) is 4.23. The highest BCUT2D eigenvalue weighted by Gasteiger charge is 2.11. The van der Waals surface area contributed by atoms with Crippen LogP contribution in [0.3, 0.4) is 0 Å². The molecular formula is C21H21ClN4O. The molecule has 0 bridgehead atoms. The SMILES string of the molecule is Cc1ccc(-n2c(C)cc(C=NNC(=O)c3cccnc3Cl)c2C)cc1C. The molecule has 3 rings (SSSR count). The Morgan fingerprint density at radius 2 is 1.93 bits per heavy atom. The van der Waals surface area contributed by atoms with Crippen LogP contribution < -0.4 is 5.43 Å². The lowest BCUT2D eigenvalue weighted by Crippen LogP contribution is -2.18. The molecule has 6 heteroatoms. The Hall–Kier alpha value is -2.92. The number of hydrazone groups is 1. The summed E-state index contributed by atoms with van der Waals surface area (Å²) in [6.45, 7) is 8.29. The average Bonchev–Trinajstić information content (AvgIpc) is 2.91. The Morgan fingerprint density at radius 1 is 1.15 bits per heavy atom. The van der Waals surface area contributed by atoms with Crippen LogP contribution in [0.15, 0.2) is 47.7 Å². The molecule has 0 aliphatic rings. The van der Waals surface area contributed by atoms with Gasteiger partial charge in [-0.05, 0) is 69.2 Å². The van der Waals surface area contributed by atoms with Gasteiger partial charge in [0.05, 0.1) is 11.8 Å². The van der Waals surface area contributed by atoms with Gasteiger partial charge in [-0.25, -0.2) is 10.4 Å². The Bertz CT molecular complexity index is 1040. The van der Waals surface area contributed by atoms with E-state index >= 15 is 0 Å². The minimum atomic E-state index is -0.396. The van der Waals surface area contributed by atoms with Crippen molar-refractivity contribution in [1.82, 2.24) is 15.0 Å². The molecule has 27 heavy (non-hydrogen) atoms. The van der Waals surface area contributed by atoms with E-state index in [1.165, 1.54) is 17.3 Å². The molecule has 0 spiro atoms. The first-order valence-electron chi connectivity index (χ1n) is 8.59. The second-order valence-corrected chi connectivity index (χ2v) is 6.83. The molecular weight excluding hydrogens is 360 g/mol. The number of aromatic nitrogens is 2. The van der Waals surface area contributed by atoms with Crippen molar-refractivity contribution in [3.05, 3.63) is 81.4 Å². The van der Waals surface area contributed by atoms with Crippen LogP contribution in [-0.4, -0.2) is 21.7 Å². The number of rotatable bonds is 4. The third kappa shape index (κ3) is 3.93. The van der Waals surface area contributed by atoms with Crippen molar-refractivity contribution in [1.29, 1.82) is 0 Å². The maximum Gasteiger partial charge on any atom is 0.274 e. The van der Waals surface area contributed by atoms with Gasteiger partial charge in [0.2, 0.25) is 0 Å². The van der Waals surface area contributed by atoms with Gasteiger partial charge in [0.15, 0.2) is 0 Å². The number of nitrogens with zero attached hydrogens (tertiary/aromatic N) is 3. The molecule has 138 valence electrons. The molecule has 0 fully saturated rings. The van der Waals surface area contributed by atoms with Crippen LogP contribution in [0, 0.1) is 27.7 Å². The Morgan fingerprint density at radius 3 is 2.63 bits per heavy atom. The Labute approximate surface area is 163 Å². The number of nitrogens with one attached hydrogen (secondary N) is 1. The van der Waals surface area contributed by atoms with Crippen molar-refractivity contribution in [2.24, 2.45) is 5.10 Å². The molecule has 2 aromatic heterocycles. The minimum absolute atomic E-state index is 0.151. The van der Waals surface area contributed by atoms with Crippen LogP contribution in [0.2, 0.25) is 5.15 Å². The van der Waals surface area contributed by atoms with E-state index in [-0.39, 0.29) is 10.7 Å². The van der Waals surface area contributed by atoms with Crippen LogP contribution >= 0.6 is 11.6 Å². The maximum atomic E-state index is 12.1. The van der Waals surface area contributed by atoms with E-state index in [9.17, 15) is 4.79 Å². The van der Waals surface area contributed by atoms with Gasteiger partial charge in [0.25, 0.3) is 5.91 Å². The van der Waals surface area contributed by atoms with Crippen molar-refractivity contribution in [2.45, 2.75) is 27.7 Å². The number of halogens is 1. The van der Waals surface area contributed by atoms with Gasteiger partial charge in [-0.15, -0.1) is 0 Å². The van der Waals surface area contributed by atoms with Gasteiger partial charge in [0, 0.05) is 28.8 Å². The molecule has 0 atom stereocenters. The monoisotopic (exact) mass is 380 g/mol. The van der Waals surface area contributed by atoms with E-state index in [0.717, 1.165) is 22.6 Å².